The van der Waals surface area contributed by atoms with Crippen LogP contribution in [0.15, 0.2) is 42.6 Å². The van der Waals surface area contributed by atoms with Gasteiger partial charge in [-0.05, 0) is 38.5 Å². The van der Waals surface area contributed by atoms with Gasteiger partial charge in [-0.3, -0.25) is 14.5 Å². The summed E-state index contributed by atoms with van der Waals surface area (Å²) in [6, 6.07) is 11.7. The summed E-state index contributed by atoms with van der Waals surface area (Å²) < 4.78 is 1.56. The molecule has 1 fully saturated rings. The number of amides is 2. The first-order valence-corrected chi connectivity index (χ1v) is 12.1. The number of aromatic amines is 1. The van der Waals surface area contributed by atoms with Crippen LogP contribution in [0.2, 0.25) is 0 Å². The van der Waals surface area contributed by atoms with Gasteiger partial charge >= 0.3 is 0 Å². The Hall–Kier alpha value is -4.05. The van der Waals surface area contributed by atoms with Crippen molar-refractivity contribution in [1.29, 1.82) is 0 Å². The molecule has 10 nitrogen and oxygen atoms in total. The second-order valence-electron chi connectivity index (χ2n) is 9.27. The van der Waals surface area contributed by atoms with Crippen LogP contribution in [0.4, 0.5) is 5.82 Å². The zero-order valence-corrected chi connectivity index (χ0v) is 20.8. The minimum atomic E-state index is -0.140. The summed E-state index contributed by atoms with van der Waals surface area (Å²) in [5.74, 6) is 0.934. The Morgan fingerprint density at radius 3 is 2.44 bits per heavy atom. The van der Waals surface area contributed by atoms with Crippen LogP contribution in [-0.4, -0.2) is 79.1 Å². The SMILES string of the molecule is Cc1cc(C)nc(-n2nc(C)cc2NC(=O)CN2CCN(C(=O)Cc3c[nH]c4ccccc34)CC2)n1. The van der Waals surface area contributed by atoms with E-state index in [-0.39, 0.29) is 18.4 Å². The molecule has 36 heavy (non-hydrogen) atoms. The van der Waals surface area contributed by atoms with Gasteiger partial charge in [-0.1, -0.05) is 18.2 Å². The van der Waals surface area contributed by atoms with Crippen molar-refractivity contribution >= 4 is 28.5 Å². The van der Waals surface area contributed by atoms with Crippen LogP contribution in [-0.2, 0) is 16.0 Å². The molecule has 1 saturated heterocycles. The number of aryl methyl sites for hydroxylation is 3. The number of fused-ring (bicyclic) bond motifs is 1. The fraction of sp³-hybridized carbons (Fsp3) is 0.346. The highest BCUT2D eigenvalue weighted by atomic mass is 16.2. The highest BCUT2D eigenvalue weighted by molar-refractivity contribution is 5.92. The molecule has 186 valence electrons. The maximum atomic E-state index is 12.9. The zero-order valence-electron chi connectivity index (χ0n) is 20.8. The number of nitrogens with one attached hydrogen (secondary N) is 2. The Morgan fingerprint density at radius 1 is 0.972 bits per heavy atom. The molecule has 0 unspecified atom stereocenters. The van der Waals surface area contributed by atoms with Gasteiger partial charge in [0.2, 0.25) is 11.8 Å². The molecule has 0 radical (unpaired) electrons. The lowest BCUT2D eigenvalue weighted by molar-refractivity contribution is -0.132. The predicted octanol–water partition coefficient (Wildman–Crippen LogP) is 2.39. The number of benzene rings is 1. The van der Waals surface area contributed by atoms with E-state index in [1.165, 1.54) is 0 Å². The van der Waals surface area contributed by atoms with Gasteiger partial charge in [0.1, 0.15) is 5.82 Å². The number of para-hydroxylation sites is 1. The number of hydrogen-bond donors (Lipinski definition) is 2. The predicted molar refractivity (Wildman–Crippen MR) is 137 cm³/mol. The lowest BCUT2D eigenvalue weighted by Gasteiger charge is -2.34. The van der Waals surface area contributed by atoms with Crippen LogP contribution in [0.3, 0.4) is 0 Å². The van der Waals surface area contributed by atoms with Crippen LogP contribution < -0.4 is 5.32 Å². The van der Waals surface area contributed by atoms with Crippen LogP contribution in [0.5, 0.6) is 0 Å². The van der Waals surface area contributed by atoms with Crippen molar-refractivity contribution in [3.63, 3.8) is 0 Å². The third-order valence-electron chi connectivity index (χ3n) is 6.37. The summed E-state index contributed by atoms with van der Waals surface area (Å²) in [5, 5.41) is 8.50. The maximum absolute atomic E-state index is 12.9. The molecule has 10 heteroatoms. The normalized spacial score (nSPS) is 14.4. The van der Waals surface area contributed by atoms with Crippen LogP contribution in [0.25, 0.3) is 16.9 Å². The van der Waals surface area contributed by atoms with Crippen molar-refractivity contribution in [2.24, 2.45) is 0 Å². The van der Waals surface area contributed by atoms with Gasteiger partial charge in [-0.15, -0.1) is 0 Å². The lowest BCUT2D eigenvalue weighted by atomic mass is 10.1. The summed E-state index contributed by atoms with van der Waals surface area (Å²) >= 11 is 0. The number of hydrogen-bond acceptors (Lipinski definition) is 6. The third-order valence-corrected chi connectivity index (χ3v) is 6.37. The Bertz CT molecular complexity index is 1390. The van der Waals surface area contributed by atoms with E-state index in [4.69, 9.17) is 0 Å². The summed E-state index contributed by atoms with van der Waals surface area (Å²) in [4.78, 5) is 41.8. The van der Waals surface area contributed by atoms with Gasteiger partial charge in [0.15, 0.2) is 0 Å². The fourth-order valence-corrected chi connectivity index (χ4v) is 4.64. The van der Waals surface area contributed by atoms with E-state index in [1.807, 2.05) is 62.2 Å². The molecular formula is C26H30N8O2. The van der Waals surface area contributed by atoms with Gasteiger partial charge in [-0.25, -0.2) is 9.97 Å². The molecule has 0 bridgehead atoms. The summed E-state index contributed by atoms with van der Waals surface area (Å²) in [6.45, 7) is 8.39. The molecule has 0 atom stereocenters. The van der Waals surface area contributed by atoms with Crippen molar-refractivity contribution in [2.75, 3.05) is 38.0 Å². The number of anilines is 1. The second-order valence-corrected chi connectivity index (χ2v) is 9.27. The van der Waals surface area contributed by atoms with Crippen LogP contribution >= 0.6 is 0 Å². The first-order valence-electron chi connectivity index (χ1n) is 12.1. The minimum absolute atomic E-state index is 0.108. The molecule has 5 rings (SSSR count). The van der Waals surface area contributed by atoms with Crippen molar-refractivity contribution in [3.05, 3.63) is 65.2 Å². The van der Waals surface area contributed by atoms with Gasteiger partial charge in [0, 0.05) is 60.7 Å². The third kappa shape index (κ3) is 5.13. The van der Waals surface area contributed by atoms with Crippen LogP contribution in [0, 0.1) is 20.8 Å². The maximum Gasteiger partial charge on any atom is 0.252 e. The molecule has 0 saturated carbocycles. The second kappa shape index (κ2) is 9.90. The first-order chi connectivity index (χ1) is 17.4. The van der Waals surface area contributed by atoms with E-state index in [9.17, 15) is 9.59 Å². The monoisotopic (exact) mass is 486 g/mol. The van der Waals surface area contributed by atoms with E-state index >= 15 is 0 Å². The number of nitrogens with zero attached hydrogens (tertiary/aromatic N) is 6. The molecule has 1 aliphatic heterocycles. The summed E-state index contributed by atoms with van der Waals surface area (Å²) in [6.07, 6.45) is 2.28. The van der Waals surface area contributed by atoms with E-state index in [2.05, 4.69) is 30.3 Å². The van der Waals surface area contributed by atoms with E-state index in [1.54, 1.807) is 10.7 Å². The van der Waals surface area contributed by atoms with Gasteiger partial charge in [-0.2, -0.15) is 9.78 Å². The Balaban J connectivity index is 1.16. The highest BCUT2D eigenvalue weighted by Gasteiger charge is 2.24. The summed E-state index contributed by atoms with van der Waals surface area (Å²) in [7, 11) is 0. The van der Waals surface area contributed by atoms with Crippen molar-refractivity contribution in [3.8, 4) is 5.95 Å². The molecule has 0 aliphatic carbocycles. The Morgan fingerprint density at radius 2 is 1.69 bits per heavy atom. The average Bonchev–Trinajstić information content (AvgIpc) is 3.42. The molecule has 4 heterocycles. The number of rotatable bonds is 6. The van der Waals surface area contributed by atoms with E-state index < -0.39 is 0 Å². The zero-order chi connectivity index (χ0) is 25.2. The standard InChI is InChI=1S/C26H30N8O2/c1-17-12-18(2)29-26(28-17)34-23(13-19(3)31-34)30-24(35)16-32-8-10-33(11-9-32)25(36)14-20-15-27-22-7-5-4-6-21(20)22/h4-7,12-13,15,27H,8-11,14,16H2,1-3H3,(H,30,35). The average molecular weight is 487 g/mol. The molecule has 2 N–H and O–H groups in total. The first kappa shape index (κ1) is 23.7. The highest BCUT2D eigenvalue weighted by Crippen LogP contribution is 2.19. The quantitative estimate of drug-likeness (QED) is 0.433. The summed E-state index contributed by atoms with van der Waals surface area (Å²) in [5.41, 5.74) is 4.48. The number of carbonyl (C=O) groups is 2. The number of aromatic nitrogens is 5. The smallest absolute Gasteiger partial charge is 0.252 e. The topological polar surface area (TPSA) is 112 Å². The Kier molecular flexibility index (Phi) is 6.51. The minimum Gasteiger partial charge on any atom is -0.361 e. The van der Waals surface area contributed by atoms with E-state index in [0.29, 0.717) is 44.4 Å². The van der Waals surface area contributed by atoms with E-state index in [0.717, 1.165) is 33.5 Å². The van der Waals surface area contributed by atoms with Gasteiger partial charge in [0.05, 0.1) is 18.7 Å². The largest absolute Gasteiger partial charge is 0.361 e. The number of piperazine rings is 1. The lowest BCUT2D eigenvalue weighted by Crippen LogP contribution is -2.50. The number of H-pyrrole nitrogens is 1. The van der Waals surface area contributed by atoms with Crippen LogP contribution in [0.1, 0.15) is 22.6 Å². The molecule has 2 amide bonds. The van der Waals surface area contributed by atoms with Crippen molar-refractivity contribution in [1.82, 2.24) is 34.5 Å². The van der Waals surface area contributed by atoms with Gasteiger partial charge < -0.3 is 15.2 Å². The molecule has 1 aliphatic rings. The molecule has 3 aromatic heterocycles. The fourth-order valence-electron chi connectivity index (χ4n) is 4.64. The van der Waals surface area contributed by atoms with Crippen molar-refractivity contribution in [2.45, 2.75) is 27.2 Å². The van der Waals surface area contributed by atoms with Gasteiger partial charge in [0.25, 0.3) is 5.95 Å². The number of carbonyl (C=O) groups excluding carboxylic acids is 2. The molecule has 4 aromatic rings. The van der Waals surface area contributed by atoms with Crippen molar-refractivity contribution < 1.29 is 9.59 Å². The Labute approximate surface area is 209 Å². The molecular weight excluding hydrogens is 456 g/mol. The molecule has 0 spiro atoms. The molecule has 1 aromatic carbocycles.